The molecule has 1 aliphatic carbocycles. The van der Waals surface area contributed by atoms with E-state index in [1.165, 1.54) is 44.1 Å². The molecule has 5 nitrogen and oxygen atoms in total. The predicted octanol–water partition coefficient (Wildman–Crippen LogP) is 6.49. The van der Waals surface area contributed by atoms with E-state index in [9.17, 15) is 0 Å². The first-order valence-corrected chi connectivity index (χ1v) is 10.9. The van der Waals surface area contributed by atoms with E-state index >= 15 is 0 Å². The fourth-order valence-corrected chi connectivity index (χ4v) is 4.52. The maximum atomic E-state index is 5.50. The lowest BCUT2D eigenvalue weighted by atomic mass is 9.77. The molecular formula is C25H30N2O3. The van der Waals surface area contributed by atoms with Gasteiger partial charge in [0.1, 0.15) is 0 Å². The summed E-state index contributed by atoms with van der Waals surface area (Å²) in [6, 6.07) is 14.2. The van der Waals surface area contributed by atoms with Gasteiger partial charge >= 0.3 is 0 Å². The van der Waals surface area contributed by atoms with Crippen LogP contribution in [0.2, 0.25) is 0 Å². The third-order valence-electron chi connectivity index (χ3n) is 6.24. The molecule has 30 heavy (non-hydrogen) atoms. The highest BCUT2D eigenvalue weighted by Gasteiger charge is 2.22. The highest BCUT2D eigenvalue weighted by molar-refractivity contribution is 5.63. The van der Waals surface area contributed by atoms with Crippen LogP contribution in [0.4, 0.5) is 0 Å². The van der Waals surface area contributed by atoms with Crippen LogP contribution in [-0.2, 0) is 0 Å². The number of ether oxygens (including phenoxy) is 2. The Kier molecular flexibility index (Phi) is 6.36. The molecule has 0 atom stereocenters. The zero-order valence-electron chi connectivity index (χ0n) is 18.1. The third kappa shape index (κ3) is 4.35. The van der Waals surface area contributed by atoms with E-state index in [1.54, 1.807) is 14.2 Å². The van der Waals surface area contributed by atoms with Crippen molar-refractivity contribution in [3.63, 3.8) is 0 Å². The van der Waals surface area contributed by atoms with Crippen LogP contribution in [0.5, 0.6) is 11.5 Å². The fraction of sp³-hybridized carbons (Fsp3) is 0.440. The summed E-state index contributed by atoms with van der Waals surface area (Å²) >= 11 is 0. The van der Waals surface area contributed by atoms with Crippen molar-refractivity contribution in [2.45, 2.75) is 51.4 Å². The van der Waals surface area contributed by atoms with Gasteiger partial charge < -0.3 is 14.0 Å². The quantitative estimate of drug-likeness (QED) is 0.448. The van der Waals surface area contributed by atoms with Gasteiger partial charge in [-0.3, -0.25) is 0 Å². The molecule has 0 unspecified atom stereocenters. The third-order valence-corrected chi connectivity index (χ3v) is 6.24. The van der Waals surface area contributed by atoms with Gasteiger partial charge in [0.15, 0.2) is 11.5 Å². The molecule has 0 spiro atoms. The Hall–Kier alpha value is -2.82. The molecule has 0 bridgehead atoms. The van der Waals surface area contributed by atoms with E-state index in [4.69, 9.17) is 14.0 Å². The van der Waals surface area contributed by atoms with Crippen LogP contribution in [-0.4, -0.2) is 24.4 Å². The zero-order valence-corrected chi connectivity index (χ0v) is 18.1. The summed E-state index contributed by atoms with van der Waals surface area (Å²) < 4.78 is 16.2. The molecule has 1 aromatic heterocycles. The summed E-state index contributed by atoms with van der Waals surface area (Å²) in [7, 11) is 3.22. The van der Waals surface area contributed by atoms with Crippen molar-refractivity contribution in [1.82, 2.24) is 10.1 Å². The first-order valence-electron chi connectivity index (χ1n) is 10.9. The number of aromatic nitrogens is 2. The number of hydrogen-bond donors (Lipinski definition) is 0. The van der Waals surface area contributed by atoms with Crippen molar-refractivity contribution >= 4 is 0 Å². The van der Waals surface area contributed by atoms with Crippen LogP contribution in [0, 0.1) is 5.92 Å². The molecule has 2 aromatic carbocycles. The summed E-state index contributed by atoms with van der Waals surface area (Å²) in [5.41, 5.74) is 3.19. The van der Waals surface area contributed by atoms with Crippen molar-refractivity contribution in [2.24, 2.45) is 5.92 Å². The van der Waals surface area contributed by atoms with Gasteiger partial charge in [0.2, 0.25) is 5.82 Å². The van der Waals surface area contributed by atoms with Crippen LogP contribution >= 0.6 is 0 Å². The molecule has 158 valence electrons. The average Bonchev–Trinajstić information content (AvgIpc) is 3.30. The summed E-state index contributed by atoms with van der Waals surface area (Å²) in [4.78, 5) is 4.58. The number of benzene rings is 2. The fourth-order valence-electron chi connectivity index (χ4n) is 4.52. The van der Waals surface area contributed by atoms with E-state index in [1.807, 2.05) is 18.2 Å². The molecule has 0 amide bonds. The van der Waals surface area contributed by atoms with Gasteiger partial charge in [-0.05, 0) is 61.3 Å². The number of methoxy groups -OCH3 is 2. The molecule has 1 heterocycles. The molecule has 0 radical (unpaired) electrons. The zero-order chi connectivity index (χ0) is 20.9. The lowest BCUT2D eigenvalue weighted by Gasteiger charge is -2.28. The SMILES string of the molecule is CCCC1CCC(c2ccc(-c3noc(-c4ccc(OC)c(OC)c4)n3)cc2)CC1. The Morgan fingerprint density at radius 1 is 0.900 bits per heavy atom. The van der Waals surface area contributed by atoms with E-state index in [-0.39, 0.29) is 0 Å². The van der Waals surface area contributed by atoms with E-state index in [0.29, 0.717) is 29.1 Å². The van der Waals surface area contributed by atoms with Gasteiger partial charge in [-0.2, -0.15) is 4.98 Å². The lowest BCUT2D eigenvalue weighted by Crippen LogP contribution is -2.13. The minimum absolute atomic E-state index is 0.462. The molecule has 1 saturated carbocycles. The van der Waals surface area contributed by atoms with Gasteiger partial charge in [-0.1, -0.05) is 49.2 Å². The number of rotatable bonds is 7. The standard InChI is InChI=1S/C25H30N2O3/c1-4-5-17-6-8-18(9-7-17)19-10-12-20(13-11-19)24-26-25(30-27-24)21-14-15-22(28-2)23(16-21)29-3/h10-18H,4-9H2,1-3H3. The average molecular weight is 407 g/mol. The van der Waals surface area contributed by atoms with Crippen molar-refractivity contribution in [3.05, 3.63) is 48.0 Å². The number of nitrogens with zero attached hydrogens (tertiary/aromatic N) is 2. The highest BCUT2D eigenvalue weighted by atomic mass is 16.5. The maximum Gasteiger partial charge on any atom is 0.258 e. The molecule has 1 fully saturated rings. The van der Waals surface area contributed by atoms with Gasteiger partial charge in [-0.15, -0.1) is 0 Å². The first kappa shape index (κ1) is 20.5. The van der Waals surface area contributed by atoms with Gasteiger partial charge in [0.25, 0.3) is 5.89 Å². The smallest absolute Gasteiger partial charge is 0.258 e. The Balaban J connectivity index is 1.46. The summed E-state index contributed by atoms with van der Waals surface area (Å²) in [5, 5.41) is 4.18. The van der Waals surface area contributed by atoms with Gasteiger partial charge in [0.05, 0.1) is 14.2 Å². The van der Waals surface area contributed by atoms with E-state index in [0.717, 1.165) is 17.0 Å². The summed E-state index contributed by atoms with van der Waals surface area (Å²) in [5.74, 6) is 3.97. The van der Waals surface area contributed by atoms with Crippen molar-refractivity contribution in [1.29, 1.82) is 0 Å². The minimum atomic E-state index is 0.462. The topological polar surface area (TPSA) is 57.4 Å². The molecule has 3 aromatic rings. The first-order chi connectivity index (χ1) is 14.7. The van der Waals surface area contributed by atoms with Crippen LogP contribution in [0.15, 0.2) is 47.0 Å². The van der Waals surface area contributed by atoms with Crippen LogP contribution in [0.1, 0.15) is 56.9 Å². The Morgan fingerprint density at radius 2 is 1.60 bits per heavy atom. The van der Waals surface area contributed by atoms with Crippen LogP contribution in [0.3, 0.4) is 0 Å². The van der Waals surface area contributed by atoms with Crippen molar-refractivity contribution < 1.29 is 14.0 Å². The monoisotopic (exact) mass is 406 g/mol. The summed E-state index contributed by atoms with van der Waals surface area (Å²) in [6.45, 7) is 2.29. The lowest BCUT2D eigenvalue weighted by molar-refractivity contribution is 0.308. The molecule has 4 rings (SSSR count). The second-order valence-electron chi connectivity index (χ2n) is 8.12. The Labute approximate surface area is 178 Å². The van der Waals surface area contributed by atoms with Crippen molar-refractivity contribution in [2.75, 3.05) is 14.2 Å². The molecule has 0 saturated heterocycles. The van der Waals surface area contributed by atoms with E-state index < -0.39 is 0 Å². The maximum absolute atomic E-state index is 5.50. The van der Waals surface area contributed by atoms with Crippen LogP contribution in [0.25, 0.3) is 22.8 Å². The molecular weight excluding hydrogens is 376 g/mol. The van der Waals surface area contributed by atoms with E-state index in [2.05, 4.69) is 41.3 Å². The second-order valence-corrected chi connectivity index (χ2v) is 8.12. The summed E-state index contributed by atoms with van der Waals surface area (Å²) in [6.07, 6.45) is 8.01. The number of hydrogen-bond acceptors (Lipinski definition) is 5. The predicted molar refractivity (Wildman–Crippen MR) is 118 cm³/mol. The van der Waals surface area contributed by atoms with Crippen molar-refractivity contribution in [3.8, 4) is 34.3 Å². The van der Waals surface area contributed by atoms with Crippen LogP contribution < -0.4 is 9.47 Å². The molecule has 0 aliphatic heterocycles. The van der Waals surface area contributed by atoms with Gasteiger partial charge in [-0.25, -0.2) is 0 Å². The Bertz CT molecular complexity index is 957. The second kappa shape index (κ2) is 9.33. The normalized spacial score (nSPS) is 18.9. The highest BCUT2D eigenvalue weighted by Crippen LogP contribution is 2.38. The Morgan fingerprint density at radius 3 is 2.27 bits per heavy atom. The minimum Gasteiger partial charge on any atom is -0.493 e. The molecule has 0 N–H and O–H groups in total. The largest absolute Gasteiger partial charge is 0.493 e. The molecule has 1 aliphatic rings. The molecule has 5 heteroatoms. The van der Waals surface area contributed by atoms with Gasteiger partial charge in [0, 0.05) is 11.1 Å².